The Morgan fingerprint density at radius 3 is 1.96 bits per heavy atom. The molecule has 1 fully saturated rings. The maximum atomic E-state index is 12.8. The normalized spacial score (nSPS) is 19.7. The van der Waals surface area contributed by atoms with Gasteiger partial charge in [0.2, 0.25) is 0 Å². The van der Waals surface area contributed by atoms with Gasteiger partial charge in [0.05, 0.1) is 13.2 Å². The molecule has 392 valence electrons. The molecule has 0 aromatic carbocycles. The lowest BCUT2D eigenvalue weighted by atomic mass is 10.1. The summed E-state index contributed by atoms with van der Waals surface area (Å²) in [5.41, 5.74) is 4.57. The molecule has 69 heavy (non-hydrogen) atoms. The summed E-state index contributed by atoms with van der Waals surface area (Å²) in [6.07, 6.45) is 28.9. The molecule has 0 radical (unpaired) electrons. The topological polar surface area (TPSA) is 283 Å². The lowest BCUT2D eigenvalue weighted by molar-refractivity contribution is -0.161. The van der Waals surface area contributed by atoms with Crippen molar-refractivity contribution in [3.8, 4) is 0 Å². The van der Waals surface area contributed by atoms with Gasteiger partial charge in [-0.05, 0) is 76.4 Å². The SMILES string of the molecule is CCCCC/C=C\C/C=C\CCCCCCCC(=O)OC[C@H](COP(=O)(O)OP(=O)(O)OC[C@H]1O[C@@H](n2ccc(N)nc2=O)[C@H](O)[C@@H]1O)OC(=O)CCCCCCC/C=C\C=C\C(=O)CCCCC. The smallest absolute Gasteiger partial charge is 0.462 e. The van der Waals surface area contributed by atoms with Crippen molar-refractivity contribution in [2.75, 3.05) is 25.6 Å². The Hall–Kier alpha value is -3.61. The predicted octanol–water partition coefficient (Wildman–Crippen LogP) is 8.96. The van der Waals surface area contributed by atoms with Gasteiger partial charge in [-0.1, -0.05) is 121 Å². The summed E-state index contributed by atoms with van der Waals surface area (Å²) >= 11 is 0. The van der Waals surface area contributed by atoms with E-state index in [1.807, 2.05) is 12.2 Å². The molecule has 0 spiro atoms. The van der Waals surface area contributed by atoms with E-state index in [1.165, 1.54) is 25.3 Å². The molecular formula is C48H79N3O16P2. The lowest BCUT2D eigenvalue weighted by Crippen LogP contribution is -2.36. The Labute approximate surface area is 407 Å². The molecule has 1 aliphatic heterocycles. The van der Waals surface area contributed by atoms with Gasteiger partial charge in [-0.3, -0.25) is 28.0 Å². The zero-order chi connectivity index (χ0) is 50.8. The third-order valence-electron chi connectivity index (χ3n) is 10.9. The number of aliphatic hydroxyl groups excluding tert-OH is 2. The summed E-state index contributed by atoms with van der Waals surface area (Å²) < 4.78 is 56.6. The minimum absolute atomic E-state index is 0.00548. The van der Waals surface area contributed by atoms with E-state index in [4.69, 9.17) is 29.0 Å². The van der Waals surface area contributed by atoms with Crippen LogP contribution in [0.3, 0.4) is 0 Å². The maximum Gasteiger partial charge on any atom is 0.481 e. The van der Waals surface area contributed by atoms with Crippen LogP contribution in [0.25, 0.3) is 0 Å². The Kier molecular flexibility index (Phi) is 32.4. The summed E-state index contributed by atoms with van der Waals surface area (Å²) in [5, 5.41) is 20.9. The van der Waals surface area contributed by atoms with Gasteiger partial charge in [0.25, 0.3) is 0 Å². The maximum absolute atomic E-state index is 12.8. The van der Waals surface area contributed by atoms with Crippen LogP contribution < -0.4 is 11.4 Å². The van der Waals surface area contributed by atoms with Crippen LogP contribution >= 0.6 is 15.6 Å². The number of rotatable bonds is 40. The molecule has 0 saturated carbocycles. The van der Waals surface area contributed by atoms with Crippen molar-refractivity contribution in [2.24, 2.45) is 0 Å². The molecule has 1 aromatic heterocycles. The van der Waals surface area contributed by atoms with E-state index >= 15 is 0 Å². The number of nitrogens with zero attached hydrogens (tertiary/aromatic N) is 2. The van der Waals surface area contributed by atoms with Crippen LogP contribution in [0.5, 0.6) is 0 Å². The highest BCUT2D eigenvalue weighted by molar-refractivity contribution is 7.61. The molecule has 7 atom stereocenters. The van der Waals surface area contributed by atoms with Gasteiger partial charge in [-0.25, -0.2) is 13.9 Å². The molecular weight excluding hydrogens is 936 g/mol. The standard InChI is InChI=1S/C48H79N3O16P2/c1-3-5-7-8-9-10-11-12-13-14-15-18-21-24-28-32-43(53)62-36-40(65-44(54)33-29-25-22-19-16-17-20-23-27-31-39(52)30-26-6-4-2)37-63-68(58,59)67-69(60,61)64-38-41-45(55)46(56)47(66-41)51-35-34-42(49)50-48(51)57/h9-10,12-13,20,23,27,31,34-35,40-41,45-47,55-56H,3-8,11,14-19,21-22,24-26,28-30,32-33,36-38H2,1-2H3,(H,58,59)(H,60,61)(H2,49,50,57)/b10-9-,13-12-,23-20-,31-27+/t40-,41-,45-,46-,47-/m1/s1. The number of anilines is 1. The van der Waals surface area contributed by atoms with Gasteiger partial charge >= 0.3 is 33.3 Å². The van der Waals surface area contributed by atoms with Crippen LogP contribution in [0.1, 0.15) is 168 Å². The number of carbonyl (C=O) groups excluding carboxylic acids is 3. The zero-order valence-electron chi connectivity index (χ0n) is 40.6. The van der Waals surface area contributed by atoms with E-state index in [-0.39, 0.29) is 24.4 Å². The number of hydrogen-bond acceptors (Lipinski definition) is 16. The summed E-state index contributed by atoms with van der Waals surface area (Å²) in [6.45, 7) is 1.91. The molecule has 0 amide bonds. The van der Waals surface area contributed by atoms with E-state index in [1.54, 1.807) is 12.2 Å². The number of hydrogen-bond donors (Lipinski definition) is 5. The van der Waals surface area contributed by atoms with Gasteiger partial charge in [0, 0.05) is 25.5 Å². The average molecular weight is 1020 g/mol. The fourth-order valence-corrected chi connectivity index (χ4v) is 9.08. The molecule has 0 bridgehead atoms. The zero-order valence-corrected chi connectivity index (χ0v) is 42.4. The Balaban J connectivity index is 1.84. The van der Waals surface area contributed by atoms with Crippen molar-refractivity contribution in [3.05, 3.63) is 71.4 Å². The molecule has 2 unspecified atom stereocenters. The largest absolute Gasteiger partial charge is 0.481 e. The monoisotopic (exact) mass is 1020 g/mol. The number of aromatic nitrogens is 2. The minimum atomic E-state index is -5.44. The van der Waals surface area contributed by atoms with Crippen LogP contribution in [0.2, 0.25) is 0 Å². The highest BCUT2D eigenvalue weighted by Gasteiger charge is 2.46. The summed E-state index contributed by atoms with van der Waals surface area (Å²) in [6, 6.07) is 1.24. The predicted molar refractivity (Wildman–Crippen MR) is 261 cm³/mol. The van der Waals surface area contributed by atoms with Crippen LogP contribution in [-0.4, -0.2) is 91.5 Å². The quantitative estimate of drug-likeness (QED) is 0.0102. The van der Waals surface area contributed by atoms with E-state index in [0.29, 0.717) is 19.3 Å². The van der Waals surface area contributed by atoms with Gasteiger partial charge in [-0.2, -0.15) is 9.29 Å². The molecule has 1 aliphatic rings. The van der Waals surface area contributed by atoms with Crippen molar-refractivity contribution in [2.45, 2.75) is 192 Å². The van der Waals surface area contributed by atoms with E-state index < -0.39 is 83.7 Å². The van der Waals surface area contributed by atoms with Crippen molar-refractivity contribution < 1.29 is 71.1 Å². The summed E-state index contributed by atoms with van der Waals surface area (Å²) in [5.74, 6) is -1.26. The molecule has 2 rings (SSSR count). The molecule has 1 saturated heterocycles. The Bertz CT molecular complexity index is 1910. The summed E-state index contributed by atoms with van der Waals surface area (Å²) in [4.78, 5) is 73.6. The molecule has 2 heterocycles. The van der Waals surface area contributed by atoms with Gasteiger partial charge in [-0.15, -0.1) is 0 Å². The van der Waals surface area contributed by atoms with Crippen LogP contribution in [0.4, 0.5) is 5.82 Å². The van der Waals surface area contributed by atoms with Gasteiger partial charge in [0.1, 0.15) is 30.7 Å². The van der Waals surface area contributed by atoms with Crippen molar-refractivity contribution in [3.63, 3.8) is 0 Å². The number of phosphoric acid groups is 2. The number of nitrogens with two attached hydrogens (primary N) is 1. The molecule has 19 nitrogen and oxygen atoms in total. The number of phosphoric ester groups is 2. The van der Waals surface area contributed by atoms with Crippen LogP contribution in [0.15, 0.2) is 65.7 Å². The number of nitrogen functional groups attached to an aromatic ring is 1. The summed E-state index contributed by atoms with van der Waals surface area (Å²) in [7, 11) is -10.9. The third kappa shape index (κ3) is 29.4. The first kappa shape index (κ1) is 61.5. The number of carbonyl (C=O) groups is 3. The van der Waals surface area contributed by atoms with E-state index in [2.05, 4.69) is 47.4 Å². The Morgan fingerprint density at radius 1 is 0.739 bits per heavy atom. The second-order valence-corrected chi connectivity index (χ2v) is 20.0. The van der Waals surface area contributed by atoms with Crippen LogP contribution in [-0.2, 0) is 51.1 Å². The fourth-order valence-electron chi connectivity index (χ4n) is 6.97. The third-order valence-corrected chi connectivity index (χ3v) is 13.5. The second-order valence-electron chi connectivity index (χ2n) is 17.0. The fraction of sp³-hybridized carbons (Fsp3) is 0.688. The lowest BCUT2D eigenvalue weighted by Gasteiger charge is -2.21. The van der Waals surface area contributed by atoms with Gasteiger partial charge in [0.15, 0.2) is 18.1 Å². The average Bonchev–Trinajstić information content (AvgIpc) is 3.58. The van der Waals surface area contributed by atoms with Gasteiger partial charge < -0.3 is 39.9 Å². The number of aliphatic hydroxyl groups is 2. The molecule has 6 N–H and O–H groups in total. The molecule has 21 heteroatoms. The minimum Gasteiger partial charge on any atom is -0.462 e. The first-order chi connectivity index (χ1) is 33.1. The first-order valence-electron chi connectivity index (χ1n) is 24.6. The Morgan fingerprint density at radius 2 is 1.30 bits per heavy atom. The second kappa shape index (κ2) is 36.3. The molecule has 0 aliphatic carbocycles. The highest BCUT2D eigenvalue weighted by Crippen LogP contribution is 2.60. The molecule has 1 aromatic rings. The number of unbranched alkanes of at least 4 members (excludes halogenated alkanes) is 15. The number of ether oxygens (including phenoxy) is 3. The van der Waals surface area contributed by atoms with Crippen LogP contribution in [0, 0.1) is 0 Å². The number of esters is 2. The number of ketones is 1. The first-order valence-corrected chi connectivity index (χ1v) is 27.6. The number of allylic oxidation sites excluding steroid dienone is 8. The van der Waals surface area contributed by atoms with E-state index in [0.717, 1.165) is 107 Å². The van der Waals surface area contributed by atoms with Crippen molar-refractivity contribution >= 4 is 39.2 Å². The van der Waals surface area contributed by atoms with Crippen molar-refractivity contribution in [1.29, 1.82) is 0 Å². The van der Waals surface area contributed by atoms with Crippen molar-refractivity contribution in [1.82, 2.24) is 9.55 Å². The highest BCUT2D eigenvalue weighted by atomic mass is 31.3. The van der Waals surface area contributed by atoms with E-state index in [9.17, 15) is 48.3 Å².